The number of carbonyl (C=O) groups excluding carboxylic acids is 1. The Hall–Kier alpha value is -3.83. The van der Waals surface area contributed by atoms with Gasteiger partial charge in [0, 0.05) is 22.1 Å². The van der Waals surface area contributed by atoms with Crippen molar-refractivity contribution >= 4 is 32.5 Å². The highest BCUT2D eigenvalue weighted by atomic mass is 32.2. The molecule has 176 valence electrons. The van der Waals surface area contributed by atoms with Crippen molar-refractivity contribution in [3.63, 3.8) is 0 Å². The zero-order chi connectivity index (χ0) is 24.8. The predicted molar refractivity (Wildman–Crippen MR) is 130 cm³/mol. The van der Waals surface area contributed by atoms with E-state index in [-0.39, 0.29) is 33.4 Å². The normalized spacial score (nSPS) is 12.2. The summed E-state index contributed by atoms with van der Waals surface area (Å²) in [5.74, 6) is -0.847. The number of hydrogen-bond donors (Lipinski definition) is 4. The number of aromatic amines is 1. The Morgan fingerprint density at radius 3 is 2.47 bits per heavy atom. The largest absolute Gasteiger partial charge is 0.395 e. The summed E-state index contributed by atoms with van der Waals surface area (Å²) in [5.41, 5.74) is 13.7. The minimum absolute atomic E-state index is 0.00112. The molecule has 0 aliphatic rings. The molecule has 2 aromatic heterocycles. The molecule has 0 saturated heterocycles. The number of nitrogens with zero attached hydrogens (tertiary/aromatic N) is 3. The summed E-state index contributed by atoms with van der Waals surface area (Å²) in [4.78, 5) is 21.1. The Bertz CT molecular complexity index is 1540. The van der Waals surface area contributed by atoms with E-state index in [0.29, 0.717) is 5.56 Å². The minimum atomic E-state index is -3.94. The molecule has 11 heteroatoms. The molecule has 0 atom stereocenters. The van der Waals surface area contributed by atoms with Crippen molar-refractivity contribution in [2.45, 2.75) is 38.1 Å². The zero-order valence-electron chi connectivity index (χ0n) is 19.2. The van der Waals surface area contributed by atoms with Crippen molar-refractivity contribution in [2.24, 2.45) is 5.73 Å². The van der Waals surface area contributed by atoms with Crippen LogP contribution in [0, 0.1) is 6.92 Å². The number of benzene rings is 2. The summed E-state index contributed by atoms with van der Waals surface area (Å²) in [6, 6.07) is 10.0. The highest BCUT2D eigenvalue weighted by Gasteiger charge is 2.27. The number of primary amides is 1. The highest BCUT2D eigenvalue weighted by molar-refractivity contribution is 7.89. The van der Waals surface area contributed by atoms with Gasteiger partial charge < -0.3 is 11.5 Å². The molecule has 0 spiro atoms. The van der Waals surface area contributed by atoms with Gasteiger partial charge in [-0.1, -0.05) is 18.2 Å². The lowest BCUT2D eigenvalue weighted by Gasteiger charge is -2.21. The van der Waals surface area contributed by atoms with E-state index in [9.17, 15) is 13.2 Å². The Labute approximate surface area is 196 Å². The number of hydrogen-bond acceptors (Lipinski definition) is 7. The van der Waals surface area contributed by atoms with Gasteiger partial charge in [-0.05, 0) is 51.5 Å². The first-order chi connectivity index (χ1) is 15.9. The van der Waals surface area contributed by atoms with Gasteiger partial charge in [0.15, 0.2) is 11.5 Å². The second-order valence-electron chi connectivity index (χ2n) is 8.96. The number of aryl methyl sites for hydroxylation is 1. The van der Waals surface area contributed by atoms with Crippen molar-refractivity contribution in [2.75, 3.05) is 5.73 Å². The lowest BCUT2D eigenvalue weighted by molar-refractivity contribution is 0.0996. The van der Waals surface area contributed by atoms with Gasteiger partial charge in [0.2, 0.25) is 10.0 Å². The minimum Gasteiger partial charge on any atom is -0.395 e. The van der Waals surface area contributed by atoms with Gasteiger partial charge in [0.25, 0.3) is 5.91 Å². The molecule has 0 unspecified atom stereocenters. The van der Waals surface area contributed by atoms with Crippen LogP contribution in [0.4, 0.5) is 5.69 Å². The smallest absolute Gasteiger partial charge is 0.269 e. The van der Waals surface area contributed by atoms with Crippen LogP contribution >= 0.6 is 0 Å². The molecule has 10 nitrogen and oxygen atoms in total. The molecule has 0 aliphatic heterocycles. The maximum absolute atomic E-state index is 13.2. The van der Waals surface area contributed by atoms with E-state index >= 15 is 0 Å². The maximum atomic E-state index is 13.2. The van der Waals surface area contributed by atoms with Crippen LogP contribution in [0.5, 0.6) is 0 Å². The molecular formula is C23H25N7O3S. The molecule has 34 heavy (non-hydrogen) atoms. The van der Waals surface area contributed by atoms with Gasteiger partial charge in [-0.25, -0.2) is 23.1 Å². The van der Waals surface area contributed by atoms with Crippen LogP contribution in [-0.2, 0) is 10.0 Å². The molecule has 2 aromatic carbocycles. The van der Waals surface area contributed by atoms with Gasteiger partial charge >= 0.3 is 0 Å². The molecule has 0 aliphatic carbocycles. The van der Waals surface area contributed by atoms with E-state index in [0.717, 1.165) is 16.5 Å². The van der Waals surface area contributed by atoms with Gasteiger partial charge in [0.05, 0.1) is 28.0 Å². The number of nitrogen functional groups attached to an aromatic ring is 1. The number of nitrogens with one attached hydrogen (secondary N) is 2. The number of aromatic nitrogens is 4. The maximum Gasteiger partial charge on any atom is 0.269 e. The predicted octanol–water partition coefficient (Wildman–Crippen LogP) is 2.75. The summed E-state index contributed by atoms with van der Waals surface area (Å²) in [6.07, 6.45) is 1.63. The van der Waals surface area contributed by atoms with Gasteiger partial charge in [-0.2, -0.15) is 5.10 Å². The molecule has 4 aromatic rings. The molecule has 0 fully saturated rings. The summed E-state index contributed by atoms with van der Waals surface area (Å²) in [7, 11) is -3.94. The summed E-state index contributed by atoms with van der Waals surface area (Å²) >= 11 is 0. The number of sulfonamides is 1. The van der Waals surface area contributed by atoms with Crippen molar-refractivity contribution in [1.82, 2.24) is 24.9 Å². The second-order valence-corrected chi connectivity index (χ2v) is 10.6. The third-order valence-electron chi connectivity index (χ3n) is 5.11. The lowest BCUT2D eigenvalue weighted by Crippen LogP contribution is -2.40. The first-order valence-electron chi connectivity index (χ1n) is 10.4. The number of amides is 1. The zero-order valence-corrected chi connectivity index (χ0v) is 20.0. The Kier molecular flexibility index (Phi) is 5.62. The van der Waals surface area contributed by atoms with E-state index in [1.807, 2.05) is 19.1 Å². The topological polar surface area (TPSA) is 170 Å². The van der Waals surface area contributed by atoms with Crippen LogP contribution in [0.15, 0.2) is 47.5 Å². The third-order valence-corrected chi connectivity index (χ3v) is 6.92. The van der Waals surface area contributed by atoms with Crippen molar-refractivity contribution < 1.29 is 13.2 Å². The van der Waals surface area contributed by atoms with E-state index in [1.54, 1.807) is 45.2 Å². The lowest BCUT2D eigenvalue weighted by atomic mass is 9.99. The molecule has 6 N–H and O–H groups in total. The van der Waals surface area contributed by atoms with Crippen molar-refractivity contribution in [1.29, 1.82) is 0 Å². The van der Waals surface area contributed by atoms with Crippen LogP contribution in [-0.4, -0.2) is 40.0 Å². The van der Waals surface area contributed by atoms with Crippen LogP contribution in [0.25, 0.3) is 33.5 Å². The average molecular weight is 480 g/mol. The van der Waals surface area contributed by atoms with Gasteiger partial charge in [0.1, 0.15) is 0 Å². The number of fused-ring (bicyclic) bond motifs is 1. The number of H-pyrrole nitrogens is 1. The molecular weight excluding hydrogens is 454 g/mol. The monoisotopic (exact) mass is 479 g/mol. The molecule has 2 heterocycles. The Balaban J connectivity index is 2.03. The Morgan fingerprint density at radius 2 is 1.79 bits per heavy atom. The van der Waals surface area contributed by atoms with E-state index in [2.05, 4.69) is 24.9 Å². The average Bonchev–Trinajstić information content (AvgIpc) is 3.21. The van der Waals surface area contributed by atoms with Crippen LogP contribution in [0.1, 0.15) is 36.8 Å². The van der Waals surface area contributed by atoms with Crippen LogP contribution in [0.2, 0.25) is 0 Å². The molecule has 0 bridgehead atoms. The first-order valence-corrected chi connectivity index (χ1v) is 11.9. The molecule has 0 radical (unpaired) electrons. The molecule has 1 amide bonds. The number of anilines is 1. The fourth-order valence-corrected chi connectivity index (χ4v) is 5.38. The van der Waals surface area contributed by atoms with Crippen LogP contribution < -0.4 is 16.2 Å². The summed E-state index contributed by atoms with van der Waals surface area (Å²) in [5, 5.41) is 7.72. The quantitative estimate of drug-likeness (QED) is 0.341. The van der Waals surface area contributed by atoms with E-state index in [4.69, 9.17) is 11.5 Å². The molecule has 4 rings (SSSR count). The van der Waals surface area contributed by atoms with Crippen molar-refractivity contribution in [3.8, 4) is 22.6 Å². The molecule has 0 saturated carbocycles. The fourth-order valence-electron chi connectivity index (χ4n) is 3.75. The van der Waals surface area contributed by atoms with Crippen LogP contribution in [0.3, 0.4) is 0 Å². The first kappa shape index (κ1) is 23.3. The number of carbonyl (C=O) groups is 1. The van der Waals surface area contributed by atoms with E-state index < -0.39 is 21.5 Å². The Morgan fingerprint density at radius 1 is 1.09 bits per heavy atom. The van der Waals surface area contributed by atoms with Crippen molar-refractivity contribution in [3.05, 3.63) is 53.9 Å². The SMILES string of the molecule is Cc1ccc2[nH]ncc2c1-c1nc(-c2ccccc2S(=O)(=O)NC(C)(C)C)nc(C(N)=O)c1N. The number of rotatable bonds is 5. The van der Waals surface area contributed by atoms with E-state index in [1.165, 1.54) is 6.07 Å². The number of nitrogens with two attached hydrogens (primary N) is 2. The van der Waals surface area contributed by atoms with Gasteiger partial charge in [-0.15, -0.1) is 0 Å². The van der Waals surface area contributed by atoms with Gasteiger partial charge in [-0.3, -0.25) is 9.89 Å². The summed E-state index contributed by atoms with van der Waals surface area (Å²) in [6.45, 7) is 7.10. The highest BCUT2D eigenvalue weighted by Crippen LogP contribution is 2.36. The second kappa shape index (κ2) is 8.19. The standard InChI is InChI=1S/C23H25N7O3S/c1-12-9-10-15-14(11-26-29-15)17(12)19-18(24)20(21(25)31)28-22(27-19)13-7-5-6-8-16(13)34(32,33)30-23(2,3)4/h5-11,30H,24H2,1-4H3,(H2,25,31)(H,26,29). The third kappa shape index (κ3) is 4.22. The summed E-state index contributed by atoms with van der Waals surface area (Å²) < 4.78 is 29.0. The fraction of sp³-hybridized carbons (Fsp3) is 0.217.